The van der Waals surface area contributed by atoms with E-state index in [0.717, 1.165) is 18.4 Å². The van der Waals surface area contributed by atoms with E-state index in [0.29, 0.717) is 35.0 Å². The number of halogens is 1. The Labute approximate surface area is 210 Å². The summed E-state index contributed by atoms with van der Waals surface area (Å²) in [6.07, 6.45) is 3.20. The summed E-state index contributed by atoms with van der Waals surface area (Å²) in [5, 5.41) is 3.17. The highest BCUT2D eigenvalue weighted by molar-refractivity contribution is 7.76. The van der Waals surface area contributed by atoms with Gasteiger partial charge in [-0.2, -0.15) is 4.31 Å². The highest BCUT2D eigenvalue weighted by Gasteiger charge is 2.31. The first kappa shape index (κ1) is 25.9. The Morgan fingerprint density at radius 2 is 2.00 bits per heavy atom. The zero-order valence-electron chi connectivity index (χ0n) is 20.1. The first-order chi connectivity index (χ1) is 17.3. The van der Waals surface area contributed by atoms with Crippen molar-refractivity contribution in [3.63, 3.8) is 0 Å². The van der Waals surface area contributed by atoms with Crippen molar-refractivity contribution in [1.29, 1.82) is 0 Å². The van der Waals surface area contributed by atoms with Crippen molar-refractivity contribution >= 4 is 34.2 Å². The van der Waals surface area contributed by atoms with Crippen LogP contribution < -0.4 is 5.32 Å². The van der Waals surface area contributed by atoms with Gasteiger partial charge in [0, 0.05) is 25.6 Å². The van der Waals surface area contributed by atoms with Gasteiger partial charge in [0.25, 0.3) is 5.91 Å². The maximum atomic E-state index is 13.5. The molecule has 0 saturated heterocycles. The normalized spacial score (nSPS) is 14.2. The van der Waals surface area contributed by atoms with Crippen molar-refractivity contribution < 1.29 is 31.9 Å². The molecule has 1 aromatic carbocycles. The average Bonchev–Trinajstić information content (AvgIpc) is 3.65. The molecule has 1 aliphatic rings. The highest BCUT2D eigenvalue weighted by atomic mass is 32.2. The number of furan rings is 1. The van der Waals surface area contributed by atoms with Crippen LogP contribution in [0.3, 0.4) is 0 Å². The number of ether oxygens (including phenoxy) is 1. The van der Waals surface area contributed by atoms with E-state index in [2.05, 4.69) is 15.0 Å². The molecule has 2 heterocycles. The molecule has 0 bridgehead atoms. The second-order valence-corrected chi connectivity index (χ2v) is 9.65. The van der Waals surface area contributed by atoms with Crippen LogP contribution in [0.2, 0.25) is 0 Å². The number of hydrogen-bond acceptors (Lipinski definition) is 6. The maximum Gasteiger partial charge on any atom is 0.305 e. The number of carbonyl (C=O) groups is 2. The smallest absolute Gasteiger partial charge is 0.305 e. The molecule has 0 radical (unpaired) electrons. The Kier molecular flexibility index (Phi) is 8.12. The standard InChI is InChI=1S/C25H28FN3O6S/c1-27-24(31)22-19-13-18(15-6-7-15)20(14-29(36(32)33)12-4-3-5-21(30)34-2)28-25(19)35-23(22)16-8-10-17(26)11-9-16/h8-11,13,15H,3-7,12,14H2,1-2H3,(H,27,31)(H,32,33). The Morgan fingerprint density at radius 1 is 1.28 bits per heavy atom. The van der Waals surface area contributed by atoms with E-state index in [4.69, 9.17) is 4.42 Å². The van der Waals surface area contributed by atoms with Crippen LogP contribution in [-0.4, -0.2) is 50.6 Å². The molecule has 1 atom stereocenters. The number of unbranched alkanes of at least 4 members (excludes halogenated alkanes) is 1. The molecule has 4 rings (SSSR count). The topological polar surface area (TPSA) is 122 Å². The fraction of sp³-hybridized carbons (Fsp3) is 0.400. The van der Waals surface area contributed by atoms with Crippen LogP contribution in [0.25, 0.3) is 22.4 Å². The molecule has 3 aromatic rings. The van der Waals surface area contributed by atoms with Gasteiger partial charge in [0.05, 0.1) is 30.3 Å². The van der Waals surface area contributed by atoms with Gasteiger partial charge in [0.1, 0.15) is 11.6 Å². The molecule has 0 spiro atoms. The Morgan fingerprint density at radius 3 is 2.61 bits per heavy atom. The first-order valence-electron chi connectivity index (χ1n) is 11.7. The van der Waals surface area contributed by atoms with Gasteiger partial charge in [0.2, 0.25) is 17.0 Å². The van der Waals surface area contributed by atoms with E-state index in [-0.39, 0.29) is 48.8 Å². The molecular formula is C25H28FN3O6S. The molecule has 1 saturated carbocycles. The summed E-state index contributed by atoms with van der Waals surface area (Å²) < 4.78 is 47.5. The number of nitrogens with zero attached hydrogens (tertiary/aromatic N) is 2. The SMILES string of the molecule is CNC(=O)c1c(-c2ccc(F)cc2)oc2nc(CN(CCCCC(=O)OC)S(=O)O)c(C3CC3)cc12. The molecule has 192 valence electrons. The van der Waals surface area contributed by atoms with Gasteiger partial charge in [-0.1, -0.05) is 0 Å². The van der Waals surface area contributed by atoms with E-state index in [9.17, 15) is 22.7 Å². The lowest BCUT2D eigenvalue weighted by atomic mass is 10.0. The third-order valence-corrected chi connectivity index (χ3v) is 6.94. The third-order valence-electron chi connectivity index (χ3n) is 6.19. The van der Waals surface area contributed by atoms with E-state index in [1.165, 1.54) is 42.7 Å². The lowest BCUT2D eigenvalue weighted by molar-refractivity contribution is -0.140. The summed E-state index contributed by atoms with van der Waals surface area (Å²) in [6, 6.07) is 7.53. The Hall–Kier alpha value is -3.15. The number of nitrogens with one attached hydrogen (secondary N) is 1. The van der Waals surface area contributed by atoms with E-state index < -0.39 is 17.1 Å². The van der Waals surface area contributed by atoms with Crippen LogP contribution in [0.4, 0.5) is 4.39 Å². The van der Waals surface area contributed by atoms with Crippen molar-refractivity contribution in [2.45, 2.75) is 44.6 Å². The number of benzene rings is 1. The molecule has 1 aliphatic carbocycles. The summed E-state index contributed by atoms with van der Waals surface area (Å²) in [4.78, 5) is 28.9. The predicted molar refractivity (Wildman–Crippen MR) is 132 cm³/mol. The molecule has 1 amide bonds. The minimum Gasteiger partial charge on any atom is -0.469 e. The molecule has 1 fully saturated rings. The summed E-state index contributed by atoms with van der Waals surface area (Å²) in [6.45, 7) is 0.386. The lowest BCUT2D eigenvalue weighted by Crippen LogP contribution is -2.27. The number of pyridine rings is 1. The molecule has 11 heteroatoms. The van der Waals surface area contributed by atoms with Crippen molar-refractivity contribution in [2.24, 2.45) is 0 Å². The molecule has 2 N–H and O–H groups in total. The van der Waals surface area contributed by atoms with Gasteiger partial charge < -0.3 is 14.5 Å². The van der Waals surface area contributed by atoms with Crippen LogP contribution in [0.1, 0.15) is 59.6 Å². The number of aromatic nitrogens is 1. The van der Waals surface area contributed by atoms with Gasteiger partial charge in [-0.05, 0) is 67.5 Å². The molecular weight excluding hydrogens is 489 g/mol. The fourth-order valence-electron chi connectivity index (χ4n) is 4.14. The van der Waals surface area contributed by atoms with Crippen molar-refractivity contribution in [3.8, 4) is 11.3 Å². The largest absolute Gasteiger partial charge is 0.469 e. The minimum absolute atomic E-state index is 0.102. The van der Waals surface area contributed by atoms with E-state index in [1.54, 1.807) is 0 Å². The van der Waals surface area contributed by atoms with Crippen LogP contribution >= 0.6 is 0 Å². The fourth-order valence-corrected chi connectivity index (χ4v) is 4.66. The average molecular weight is 518 g/mol. The van der Waals surface area contributed by atoms with Gasteiger partial charge >= 0.3 is 5.97 Å². The number of amides is 1. The zero-order chi connectivity index (χ0) is 25.8. The summed E-state index contributed by atoms with van der Waals surface area (Å²) >= 11 is -2.25. The molecule has 1 unspecified atom stereocenters. The number of fused-ring (bicyclic) bond motifs is 1. The van der Waals surface area contributed by atoms with Crippen molar-refractivity contribution in [2.75, 3.05) is 20.7 Å². The Balaban J connectivity index is 1.70. The number of hydrogen-bond donors (Lipinski definition) is 2. The van der Waals surface area contributed by atoms with Crippen LogP contribution in [-0.2, 0) is 27.3 Å². The lowest BCUT2D eigenvalue weighted by Gasteiger charge is -2.19. The molecule has 9 nitrogen and oxygen atoms in total. The summed E-state index contributed by atoms with van der Waals surface area (Å²) in [5.41, 5.74) is 2.57. The van der Waals surface area contributed by atoms with E-state index >= 15 is 0 Å². The third kappa shape index (κ3) is 5.80. The summed E-state index contributed by atoms with van der Waals surface area (Å²) in [5.74, 6) is -0.561. The molecule has 2 aromatic heterocycles. The molecule has 0 aliphatic heterocycles. The van der Waals surface area contributed by atoms with Crippen LogP contribution in [0.15, 0.2) is 34.7 Å². The zero-order valence-corrected chi connectivity index (χ0v) is 20.9. The minimum atomic E-state index is -2.25. The van der Waals surface area contributed by atoms with Crippen LogP contribution in [0.5, 0.6) is 0 Å². The van der Waals surface area contributed by atoms with E-state index in [1.807, 2.05) is 6.07 Å². The second kappa shape index (κ2) is 11.3. The van der Waals surface area contributed by atoms with Gasteiger partial charge in [-0.15, -0.1) is 0 Å². The first-order valence-corrected chi connectivity index (χ1v) is 12.8. The second-order valence-electron chi connectivity index (χ2n) is 8.67. The van der Waals surface area contributed by atoms with Gasteiger partial charge in [0.15, 0.2) is 0 Å². The number of carbonyl (C=O) groups excluding carboxylic acids is 2. The van der Waals surface area contributed by atoms with Crippen molar-refractivity contribution in [1.82, 2.24) is 14.6 Å². The summed E-state index contributed by atoms with van der Waals surface area (Å²) in [7, 11) is 2.85. The Bertz CT molecular complexity index is 1290. The number of methoxy groups -OCH3 is 1. The monoisotopic (exact) mass is 517 g/mol. The predicted octanol–water partition coefficient (Wildman–Crippen LogP) is 4.15. The number of rotatable bonds is 11. The van der Waals surface area contributed by atoms with Crippen LogP contribution in [0, 0.1) is 5.82 Å². The highest BCUT2D eigenvalue weighted by Crippen LogP contribution is 2.44. The van der Waals surface area contributed by atoms with Crippen molar-refractivity contribution in [3.05, 3.63) is 53.0 Å². The maximum absolute atomic E-state index is 13.5. The number of esters is 1. The van der Waals surface area contributed by atoms with Gasteiger partial charge in [-0.25, -0.2) is 13.6 Å². The molecule has 36 heavy (non-hydrogen) atoms. The van der Waals surface area contributed by atoms with Gasteiger partial charge in [-0.3, -0.25) is 14.1 Å². The quantitative estimate of drug-likeness (QED) is 0.223.